The van der Waals surface area contributed by atoms with Crippen molar-refractivity contribution < 1.29 is 9.31 Å². The van der Waals surface area contributed by atoms with E-state index in [4.69, 9.17) is 0 Å². The maximum atomic E-state index is 13.3. The standard InChI is InChI=1S/C13H18FN3O2/c1-13(2)9-15-5-6-16(13)8-10-7-11(14)3-4-12(10)17(18)19/h3-4,7,15H,5-6,8-9H2,1-2H3. The van der Waals surface area contributed by atoms with E-state index in [1.807, 2.05) is 0 Å². The predicted octanol–water partition coefficient (Wildman–Crippen LogP) is 1.92. The van der Waals surface area contributed by atoms with Gasteiger partial charge in [-0.3, -0.25) is 15.0 Å². The lowest BCUT2D eigenvalue weighted by Crippen LogP contribution is -2.57. The molecule has 0 aromatic heterocycles. The number of hydrogen-bond acceptors (Lipinski definition) is 4. The fourth-order valence-electron chi connectivity index (χ4n) is 2.38. The van der Waals surface area contributed by atoms with Gasteiger partial charge in [-0.1, -0.05) is 0 Å². The molecule has 0 spiro atoms. The van der Waals surface area contributed by atoms with Crippen LogP contribution in [0.15, 0.2) is 18.2 Å². The summed E-state index contributed by atoms with van der Waals surface area (Å²) in [5, 5.41) is 14.3. The Labute approximate surface area is 111 Å². The lowest BCUT2D eigenvalue weighted by atomic mass is 9.99. The molecule has 1 aliphatic rings. The smallest absolute Gasteiger partial charge is 0.274 e. The molecule has 1 N–H and O–H groups in total. The third-order valence-corrected chi connectivity index (χ3v) is 3.57. The number of benzene rings is 1. The van der Waals surface area contributed by atoms with Gasteiger partial charge < -0.3 is 5.32 Å². The molecule has 1 aliphatic heterocycles. The molecule has 0 aliphatic carbocycles. The first-order chi connectivity index (χ1) is 8.90. The fraction of sp³-hybridized carbons (Fsp3) is 0.538. The molecule has 1 aromatic rings. The minimum Gasteiger partial charge on any atom is -0.314 e. The molecule has 0 amide bonds. The number of rotatable bonds is 3. The number of hydrogen-bond donors (Lipinski definition) is 1. The predicted molar refractivity (Wildman–Crippen MR) is 70.4 cm³/mol. The quantitative estimate of drug-likeness (QED) is 0.671. The van der Waals surface area contributed by atoms with Gasteiger partial charge in [0.15, 0.2) is 0 Å². The summed E-state index contributed by atoms with van der Waals surface area (Å²) in [4.78, 5) is 12.7. The van der Waals surface area contributed by atoms with Crippen LogP contribution in [0.4, 0.5) is 10.1 Å². The van der Waals surface area contributed by atoms with Crippen molar-refractivity contribution in [2.24, 2.45) is 0 Å². The first-order valence-corrected chi connectivity index (χ1v) is 6.29. The first kappa shape index (κ1) is 13.9. The van der Waals surface area contributed by atoms with Crippen LogP contribution in [-0.4, -0.2) is 35.0 Å². The van der Waals surface area contributed by atoms with E-state index in [0.29, 0.717) is 12.1 Å². The zero-order chi connectivity index (χ0) is 14.0. The molecule has 0 saturated carbocycles. The van der Waals surface area contributed by atoms with Crippen molar-refractivity contribution in [3.8, 4) is 0 Å². The molecule has 1 fully saturated rings. The van der Waals surface area contributed by atoms with Crippen LogP contribution in [0, 0.1) is 15.9 Å². The summed E-state index contributed by atoms with van der Waals surface area (Å²) in [6.45, 7) is 6.99. The molecular weight excluding hydrogens is 249 g/mol. The van der Waals surface area contributed by atoms with Crippen molar-refractivity contribution in [1.82, 2.24) is 10.2 Å². The molecule has 2 rings (SSSR count). The zero-order valence-electron chi connectivity index (χ0n) is 11.1. The Kier molecular flexibility index (Phi) is 3.82. The SMILES string of the molecule is CC1(C)CNCCN1Cc1cc(F)ccc1[N+](=O)[O-]. The first-order valence-electron chi connectivity index (χ1n) is 6.29. The highest BCUT2D eigenvalue weighted by atomic mass is 19.1. The van der Waals surface area contributed by atoms with Crippen molar-refractivity contribution in [3.63, 3.8) is 0 Å². The molecule has 6 heteroatoms. The number of nitro groups is 1. The van der Waals surface area contributed by atoms with E-state index in [-0.39, 0.29) is 11.2 Å². The van der Waals surface area contributed by atoms with E-state index in [2.05, 4.69) is 24.1 Å². The van der Waals surface area contributed by atoms with Crippen LogP contribution in [0.3, 0.4) is 0 Å². The van der Waals surface area contributed by atoms with Crippen LogP contribution in [-0.2, 0) is 6.54 Å². The summed E-state index contributed by atoms with van der Waals surface area (Å²) < 4.78 is 13.3. The highest BCUT2D eigenvalue weighted by molar-refractivity contribution is 5.40. The Morgan fingerprint density at radius 2 is 2.26 bits per heavy atom. The minimum atomic E-state index is -0.454. The van der Waals surface area contributed by atoms with E-state index < -0.39 is 10.7 Å². The van der Waals surface area contributed by atoms with Gasteiger partial charge in [0.25, 0.3) is 5.69 Å². The molecule has 1 heterocycles. The molecule has 1 saturated heterocycles. The number of piperazine rings is 1. The molecule has 0 radical (unpaired) electrons. The molecular formula is C13H18FN3O2. The average molecular weight is 267 g/mol. The number of halogens is 1. The molecule has 0 atom stereocenters. The number of nitrogens with one attached hydrogen (secondary N) is 1. The second-order valence-corrected chi connectivity index (χ2v) is 5.44. The molecule has 0 unspecified atom stereocenters. The van der Waals surface area contributed by atoms with E-state index in [1.54, 1.807) is 0 Å². The Bertz CT molecular complexity index is 491. The molecule has 0 bridgehead atoms. The Morgan fingerprint density at radius 3 is 2.89 bits per heavy atom. The van der Waals surface area contributed by atoms with Gasteiger partial charge >= 0.3 is 0 Å². The summed E-state index contributed by atoms with van der Waals surface area (Å²) in [6, 6.07) is 3.63. The molecule has 104 valence electrons. The van der Waals surface area contributed by atoms with Gasteiger partial charge in [0, 0.05) is 43.3 Å². The summed E-state index contributed by atoms with van der Waals surface area (Å²) in [6.07, 6.45) is 0. The van der Waals surface area contributed by atoms with E-state index >= 15 is 0 Å². The number of nitrogens with zero attached hydrogens (tertiary/aromatic N) is 2. The lowest BCUT2D eigenvalue weighted by Gasteiger charge is -2.42. The Hall–Kier alpha value is -1.53. The lowest BCUT2D eigenvalue weighted by molar-refractivity contribution is -0.385. The second kappa shape index (κ2) is 5.22. The zero-order valence-corrected chi connectivity index (χ0v) is 11.1. The Balaban J connectivity index is 2.27. The fourth-order valence-corrected chi connectivity index (χ4v) is 2.38. The van der Waals surface area contributed by atoms with Gasteiger partial charge in [0.2, 0.25) is 0 Å². The normalized spacial score (nSPS) is 19.3. The topological polar surface area (TPSA) is 58.4 Å². The summed E-state index contributed by atoms with van der Waals surface area (Å²) >= 11 is 0. The average Bonchev–Trinajstić information content (AvgIpc) is 2.31. The number of nitro benzene ring substituents is 1. The highest BCUT2D eigenvalue weighted by Crippen LogP contribution is 2.25. The van der Waals surface area contributed by atoms with E-state index in [1.165, 1.54) is 12.1 Å². The van der Waals surface area contributed by atoms with Gasteiger partial charge in [-0.2, -0.15) is 0 Å². The van der Waals surface area contributed by atoms with Gasteiger partial charge in [0.1, 0.15) is 5.82 Å². The largest absolute Gasteiger partial charge is 0.314 e. The van der Waals surface area contributed by atoms with Crippen LogP contribution < -0.4 is 5.32 Å². The summed E-state index contributed by atoms with van der Waals surface area (Å²) in [7, 11) is 0. The third kappa shape index (κ3) is 3.08. The van der Waals surface area contributed by atoms with Crippen LogP contribution >= 0.6 is 0 Å². The van der Waals surface area contributed by atoms with Crippen LogP contribution in [0.5, 0.6) is 0 Å². The van der Waals surface area contributed by atoms with Crippen molar-refractivity contribution in [3.05, 3.63) is 39.7 Å². The second-order valence-electron chi connectivity index (χ2n) is 5.44. The van der Waals surface area contributed by atoms with Crippen molar-refractivity contribution in [2.75, 3.05) is 19.6 Å². The van der Waals surface area contributed by atoms with Crippen molar-refractivity contribution in [2.45, 2.75) is 25.9 Å². The van der Waals surface area contributed by atoms with Crippen LogP contribution in [0.25, 0.3) is 0 Å². The third-order valence-electron chi connectivity index (χ3n) is 3.57. The molecule has 19 heavy (non-hydrogen) atoms. The maximum Gasteiger partial charge on any atom is 0.274 e. The summed E-state index contributed by atoms with van der Waals surface area (Å²) in [5.74, 6) is -0.437. The van der Waals surface area contributed by atoms with Gasteiger partial charge in [-0.25, -0.2) is 4.39 Å². The van der Waals surface area contributed by atoms with Gasteiger partial charge in [-0.15, -0.1) is 0 Å². The highest BCUT2D eigenvalue weighted by Gasteiger charge is 2.31. The summed E-state index contributed by atoms with van der Waals surface area (Å²) in [5.41, 5.74) is 0.314. The van der Waals surface area contributed by atoms with Crippen molar-refractivity contribution >= 4 is 5.69 Å². The monoisotopic (exact) mass is 267 g/mol. The van der Waals surface area contributed by atoms with Gasteiger partial charge in [0.05, 0.1) is 4.92 Å². The Morgan fingerprint density at radius 1 is 1.53 bits per heavy atom. The van der Waals surface area contributed by atoms with Crippen LogP contribution in [0.1, 0.15) is 19.4 Å². The van der Waals surface area contributed by atoms with Gasteiger partial charge in [-0.05, 0) is 26.0 Å². The van der Waals surface area contributed by atoms with Crippen molar-refractivity contribution in [1.29, 1.82) is 0 Å². The van der Waals surface area contributed by atoms with Crippen LogP contribution in [0.2, 0.25) is 0 Å². The van der Waals surface area contributed by atoms with E-state index in [9.17, 15) is 14.5 Å². The maximum absolute atomic E-state index is 13.3. The molecule has 1 aromatic carbocycles. The van der Waals surface area contributed by atoms with E-state index in [0.717, 1.165) is 25.7 Å². The molecule has 5 nitrogen and oxygen atoms in total. The minimum absolute atomic E-state index is 0.0178.